The number of phenols is 1. The van der Waals surface area contributed by atoms with Gasteiger partial charge in [0.1, 0.15) is 29.7 Å². The van der Waals surface area contributed by atoms with Crippen LogP contribution in [0.5, 0.6) is 17.2 Å². The number of aliphatic hydroxyl groups excluding tert-OH is 1. The number of aliphatic hydroxyl groups is 1. The molecular formula is C31H34N4O6. The van der Waals surface area contributed by atoms with Crippen molar-refractivity contribution in [1.82, 2.24) is 20.4 Å². The number of carbonyl (C=O) groups excluding carboxylic acids is 1. The van der Waals surface area contributed by atoms with Gasteiger partial charge in [0.15, 0.2) is 0 Å². The van der Waals surface area contributed by atoms with E-state index < -0.39 is 12.0 Å². The Bertz CT molecular complexity index is 1510. The van der Waals surface area contributed by atoms with Gasteiger partial charge in [-0.2, -0.15) is 0 Å². The predicted molar refractivity (Wildman–Crippen MR) is 155 cm³/mol. The molecule has 3 aromatic carbocycles. The second-order valence-electron chi connectivity index (χ2n) is 9.57. The van der Waals surface area contributed by atoms with Gasteiger partial charge in [0.25, 0.3) is 11.5 Å². The van der Waals surface area contributed by atoms with E-state index in [0.717, 1.165) is 11.1 Å². The molecule has 1 aromatic heterocycles. The third-order valence-corrected chi connectivity index (χ3v) is 6.32. The number of nitrogens with one attached hydrogen (secondary N) is 2. The second-order valence-corrected chi connectivity index (χ2v) is 9.57. The van der Waals surface area contributed by atoms with Crippen molar-refractivity contribution in [2.75, 3.05) is 13.2 Å². The molecule has 214 valence electrons. The lowest BCUT2D eigenvalue weighted by Gasteiger charge is -2.14. The lowest BCUT2D eigenvalue weighted by Crippen LogP contribution is -2.36. The molecule has 10 nitrogen and oxygen atoms in total. The van der Waals surface area contributed by atoms with Gasteiger partial charge < -0.3 is 19.7 Å². The van der Waals surface area contributed by atoms with Crippen molar-refractivity contribution in [1.29, 1.82) is 0 Å². The van der Waals surface area contributed by atoms with Crippen molar-refractivity contribution < 1.29 is 24.5 Å². The molecule has 4 rings (SSSR count). The Hall–Kier alpha value is -4.67. The number of amides is 1. The standard InChI is InChI=1S/C31H34N4O6/c1-21-17-29(38)35(2)30(33-21)23-10-12-25(13-11-23)41-20-24(36)9-6-16-40-26-14-15-28(37)27(18-26)31(39)34-32-19-22-7-4-3-5-8-22/h3-5,7-8,10-15,17-18,24,32,36-37H,6,9,16,19-20H2,1-2H3,(H,34,39). The van der Waals surface area contributed by atoms with Crippen molar-refractivity contribution in [3.8, 4) is 28.6 Å². The molecule has 0 fully saturated rings. The van der Waals surface area contributed by atoms with E-state index in [1.54, 1.807) is 32.2 Å². The number of aromatic nitrogens is 2. The molecule has 1 heterocycles. The van der Waals surface area contributed by atoms with E-state index in [1.807, 2.05) is 42.5 Å². The quantitative estimate of drug-likeness (QED) is 0.145. The summed E-state index contributed by atoms with van der Waals surface area (Å²) in [5, 5.41) is 20.5. The lowest BCUT2D eigenvalue weighted by molar-refractivity contribution is 0.0928. The van der Waals surface area contributed by atoms with E-state index in [9.17, 15) is 19.8 Å². The van der Waals surface area contributed by atoms with Crippen LogP contribution in [0.3, 0.4) is 0 Å². The number of phenolic OH excluding ortho intramolecular Hbond substituents is 1. The largest absolute Gasteiger partial charge is 0.507 e. The van der Waals surface area contributed by atoms with E-state index in [4.69, 9.17) is 9.47 Å². The van der Waals surface area contributed by atoms with Crippen LogP contribution in [0.1, 0.15) is 34.5 Å². The van der Waals surface area contributed by atoms with Crippen LogP contribution in [0.15, 0.2) is 83.7 Å². The van der Waals surface area contributed by atoms with Crippen LogP contribution < -0.4 is 25.9 Å². The molecule has 1 atom stereocenters. The summed E-state index contributed by atoms with van der Waals surface area (Å²) < 4.78 is 12.9. The van der Waals surface area contributed by atoms with Crippen LogP contribution in [-0.2, 0) is 13.6 Å². The van der Waals surface area contributed by atoms with Crippen molar-refractivity contribution in [2.24, 2.45) is 7.05 Å². The number of aryl methyl sites for hydroxylation is 1. The SMILES string of the molecule is Cc1cc(=O)n(C)c(-c2ccc(OCC(O)CCCOc3ccc(O)c(C(=O)NNCc4ccccc4)c3)cc2)n1. The highest BCUT2D eigenvalue weighted by Gasteiger charge is 2.13. The summed E-state index contributed by atoms with van der Waals surface area (Å²) >= 11 is 0. The van der Waals surface area contributed by atoms with Crippen LogP contribution in [0, 0.1) is 6.92 Å². The Kier molecular flexibility index (Phi) is 10.1. The number of ether oxygens (including phenoxy) is 2. The second kappa shape index (κ2) is 14.1. The Morgan fingerprint density at radius 2 is 1.73 bits per heavy atom. The first-order valence-electron chi connectivity index (χ1n) is 13.3. The third kappa shape index (κ3) is 8.41. The van der Waals surface area contributed by atoms with Crippen LogP contribution in [0.2, 0.25) is 0 Å². The maximum atomic E-state index is 12.5. The summed E-state index contributed by atoms with van der Waals surface area (Å²) in [7, 11) is 1.68. The van der Waals surface area contributed by atoms with Crippen molar-refractivity contribution in [2.45, 2.75) is 32.4 Å². The first-order valence-corrected chi connectivity index (χ1v) is 13.3. The average Bonchev–Trinajstić information content (AvgIpc) is 2.97. The molecule has 0 bridgehead atoms. The topological polar surface area (TPSA) is 135 Å². The normalized spacial score (nSPS) is 11.6. The molecule has 0 spiro atoms. The summed E-state index contributed by atoms with van der Waals surface area (Å²) in [6.07, 6.45) is 0.300. The van der Waals surface area contributed by atoms with Crippen molar-refractivity contribution in [3.63, 3.8) is 0 Å². The van der Waals surface area contributed by atoms with Crippen LogP contribution in [0.4, 0.5) is 0 Å². The molecule has 4 aromatic rings. The number of nitrogens with zero attached hydrogens (tertiary/aromatic N) is 2. The minimum Gasteiger partial charge on any atom is -0.507 e. The molecule has 1 amide bonds. The first kappa shape index (κ1) is 29.3. The minimum absolute atomic E-state index is 0.0860. The van der Waals surface area contributed by atoms with Crippen molar-refractivity contribution in [3.05, 3.63) is 106 Å². The van der Waals surface area contributed by atoms with Gasteiger partial charge >= 0.3 is 0 Å². The zero-order valence-corrected chi connectivity index (χ0v) is 23.0. The molecule has 41 heavy (non-hydrogen) atoms. The molecule has 0 aliphatic heterocycles. The number of aromatic hydroxyl groups is 1. The molecular weight excluding hydrogens is 524 g/mol. The molecule has 0 aliphatic carbocycles. The highest BCUT2D eigenvalue weighted by molar-refractivity contribution is 5.96. The molecule has 0 aliphatic rings. The molecule has 4 N–H and O–H groups in total. The summed E-state index contributed by atoms with van der Waals surface area (Å²) in [4.78, 5) is 29.0. The van der Waals surface area contributed by atoms with E-state index in [1.165, 1.54) is 22.8 Å². The fourth-order valence-electron chi connectivity index (χ4n) is 4.07. The molecule has 0 saturated carbocycles. The zero-order chi connectivity index (χ0) is 29.2. The Labute approximate surface area is 238 Å². The molecule has 10 heteroatoms. The molecule has 0 radical (unpaired) electrons. The van der Waals surface area contributed by atoms with Gasteiger partial charge in [0.05, 0.1) is 18.3 Å². The van der Waals surface area contributed by atoms with Crippen LogP contribution >= 0.6 is 0 Å². The smallest absolute Gasteiger partial charge is 0.269 e. The summed E-state index contributed by atoms with van der Waals surface area (Å²) in [6.45, 7) is 2.64. The van der Waals surface area contributed by atoms with Gasteiger partial charge in [-0.3, -0.25) is 19.6 Å². The van der Waals surface area contributed by atoms with Crippen molar-refractivity contribution >= 4 is 5.91 Å². The Balaban J connectivity index is 1.18. The summed E-state index contributed by atoms with van der Waals surface area (Å²) in [6, 6.07) is 22.7. The van der Waals surface area contributed by atoms with Crippen LogP contribution in [-0.4, -0.2) is 45.0 Å². The number of hydrazine groups is 1. The fourth-order valence-corrected chi connectivity index (χ4v) is 4.07. The average molecular weight is 559 g/mol. The lowest BCUT2D eigenvalue weighted by atomic mass is 10.1. The van der Waals surface area contributed by atoms with Gasteiger partial charge in [-0.1, -0.05) is 30.3 Å². The monoisotopic (exact) mass is 558 g/mol. The van der Waals surface area contributed by atoms with Gasteiger partial charge in [0, 0.05) is 30.9 Å². The maximum absolute atomic E-state index is 12.5. The minimum atomic E-state index is -0.700. The summed E-state index contributed by atoms with van der Waals surface area (Å²) in [5.41, 5.74) is 7.83. The predicted octanol–water partition coefficient (Wildman–Crippen LogP) is 3.49. The maximum Gasteiger partial charge on any atom is 0.269 e. The Morgan fingerprint density at radius 3 is 2.49 bits per heavy atom. The van der Waals surface area contributed by atoms with Gasteiger partial charge in [-0.05, 0) is 67.8 Å². The molecule has 0 saturated heterocycles. The van der Waals surface area contributed by atoms with E-state index in [0.29, 0.717) is 49.0 Å². The fraction of sp³-hybridized carbons (Fsp3) is 0.258. The highest BCUT2D eigenvalue weighted by atomic mass is 16.5. The number of carbonyl (C=O) groups is 1. The molecule has 1 unspecified atom stereocenters. The highest BCUT2D eigenvalue weighted by Crippen LogP contribution is 2.23. The number of hydrogen-bond donors (Lipinski definition) is 4. The van der Waals surface area contributed by atoms with Crippen LogP contribution in [0.25, 0.3) is 11.4 Å². The van der Waals surface area contributed by atoms with E-state index in [2.05, 4.69) is 15.8 Å². The third-order valence-electron chi connectivity index (χ3n) is 6.32. The van der Waals surface area contributed by atoms with Gasteiger partial charge in [0.2, 0.25) is 0 Å². The first-order chi connectivity index (χ1) is 19.8. The van der Waals surface area contributed by atoms with E-state index in [-0.39, 0.29) is 23.5 Å². The summed E-state index contributed by atoms with van der Waals surface area (Å²) in [5.74, 6) is 0.958. The number of rotatable bonds is 13. The zero-order valence-electron chi connectivity index (χ0n) is 23.0. The van der Waals surface area contributed by atoms with Gasteiger partial charge in [-0.25, -0.2) is 10.4 Å². The number of hydrogen-bond acceptors (Lipinski definition) is 8. The Morgan fingerprint density at radius 1 is 1.00 bits per heavy atom. The number of benzene rings is 3. The van der Waals surface area contributed by atoms with E-state index >= 15 is 0 Å². The van der Waals surface area contributed by atoms with Gasteiger partial charge in [-0.15, -0.1) is 0 Å².